The summed E-state index contributed by atoms with van der Waals surface area (Å²) in [6, 6.07) is 8.30. The van der Waals surface area contributed by atoms with Crippen LogP contribution in [0.15, 0.2) is 24.3 Å². The highest BCUT2D eigenvalue weighted by Gasteiger charge is 2.23. The molecule has 0 spiro atoms. The van der Waals surface area contributed by atoms with Gasteiger partial charge in [0.15, 0.2) is 0 Å². The van der Waals surface area contributed by atoms with E-state index in [0.717, 1.165) is 38.5 Å². The Labute approximate surface area is 115 Å². The Morgan fingerprint density at radius 2 is 2.26 bits per heavy atom. The van der Waals surface area contributed by atoms with Crippen LogP contribution in [0.2, 0.25) is 0 Å². The molecule has 1 aromatic carbocycles. The van der Waals surface area contributed by atoms with Gasteiger partial charge in [-0.25, -0.2) is 0 Å². The van der Waals surface area contributed by atoms with Gasteiger partial charge in [0.1, 0.15) is 5.75 Å². The number of para-hydroxylation sites is 1. The van der Waals surface area contributed by atoms with E-state index < -0.39 is 0 Å². The van der Waals surface area contributed by atoms with Gasteiger partial charge in [-0.2, -0.15) is 0 Å². The summed E-state index contributed by atoms with van der Waals surface area (Å²) >= 11 is 0. The molecule has 0 aliphatic carbocycles. The number of likely N-dealkylation sites (N-methyl/N-ethyl adjacent to an activating group) is 1. The Morgan fingerprint density at radius 3 is 2.95 bits per heavy atom. The fraction of sp³-hybridized carbons (Fsp3) is 0.600. The van der Waals surface area contributed by atoms with Crippen molar-refractivity contribution in [2.45, 2.75) is 19.0 Å². The molecule has 2 N–H and O–H groups in total. The lowest BCUT2D eigenvalue weighted by molar-refractivity contribution is 0.173. The lowest BCUT2D eigenvalue weighted by Crippen LogP contribution is -2.40. The molecule has 0 saturated carbocycles. The quantitative estimate of drug-likeness (QED) is 0.845. The Morgan fingerprint density at radius 1 is 1.47 bits per heavy atom. The number of nitrogens with zero attached hydrogens (tertiary/aromatic N) is 1. The second-order valence-electron chi connectivity index (χ2n) is 5.30. The standard InChI is InChI=1S/C15H24N2O2/c1-17(10-14(16)13-7-8-19-11-13)9-12-5-3-4-6-15(12)18-2/h3-6,13-14H,7-11,16H2,1-2H3. The van der Waals surface area contributed by atoms with Crippen LogP contribution in [0, 0.1) is 5.92 Å². The minimum absolute atomic E-state index is 0.183. The van der Waals surface area contributed by atoms with E-state index in [1.807, 2.05) is 18.2 Å². The number of benzene rings is 1. The van der Waals surface area contributed by atoms with Gasteiger partial charge >= 0.3 is 0 Å². The largest absolute Gasteiger partial charge is 0.496 e. The topological polar surface area (TPSA) is 47.7 Å². The van der Waals surface area contributed by atoms with E-state index in [4.69, 9.17) is 15.2 Å². The normalized spacial score (nSPS) is 20.7. The third-order valence-corrected chi connectivity index (χ3v) is 3.73. The minimum Gasteiger partial charge on any atom is -0.496 e. The van der Waals surface area contributed by atoms with E-state index >= 15 is 0 Å². The van der Waals surface area contributed by atoms with Crippen LogP contribution < -0.4 is 10.5 Å². The fourth-order valence-electron chi connectivity index (χ4n) is 2.59. The number of hydrogen-bond donors (Lipinski definition) is 1. The summed E-state index contributed by atoms with van der Waals surface area (Å²) in [5.41, 5.74) is 7.45. The summed E-state index contributed by atoms with van der Waals surface area (Å²) in [5.74, 6) is 1.44. The third kappa shape index (κ3) is 3.93. The summed E-state index contributed by atoms with van der Waals surface area (Å²) in [7, 11) is 3.81. The van der Waals surface area contributed by atoms with E-state index in [1.165, 1.54) is 5.56 Å². The van der Waals surface area contributed by atoms with Crippen molar-refractivity contribution in [2.75, 3.05) is 33.9 Å². The molecule has 0 amide bonds. The van der Waals surface area contributed by atoms with E-state index in [9.17, 15) is 0 Å². The first-order chi connectivity index (χ1) is 9.20. The molecule has 1 aromatic rings. The van der Waals surface area contributed by atoms with Crippen LogP contribution in [-0.2, 0) is 11.3 Å². The van der Waals surface area contributed by atoms with Crippen LogP contribution in [0.5, 0.6) is 5.75 Å². The molecule has 0 aromatic heterocycles. The molecule has 1 heterocycles. The van der Waals surface area contributed by atoms with Gasteiger partial charge in [-0.1, -0.05) is 18.2 Å². The van der Waals surface area contributed by atoms with E-state index in [1.54, 1.807) is 7.11 Å². The van der Waals surface area contributed by atoms with Gasteiger partial charge in [0.25, 0.3) is 0 Å². The summed E-state index contributed by atoms with van der Waals surface area (Å²) < 4.78 is 10.8. The summed E-state index contributed by atoms with van der Waals surface area (Å²) in [4.78, 5) is 2.25. The highest BCUT2D eigenvalue weighted by atomic mass is 16.5. The molecule has 19 heavy (non-hydrogen) atoms. The lowest BCUT2D eigenvalue weighted by Gasteiger charge is -2.25. The van der Waals surface area contributed by atoms with Crippen molar-refractivity contribution in [3.8, 4) is 5.75 Å². The first-order valence-electron chi connectivity index (χ1n) is 6.84. The molecule has 1 aliphatic rings. The third-order valence-electron chi connectivity index (χ3n) is 3.73. The highest BCUT2D eigenvalue weighted by Crippen LogP contribution is 2.20. The van der Waals surface area contributed by atoms with Crippen molar-refractivity contribution in [1.82, 2.24) is 4.90 Å². The van der Waals surface area contributed by atoms with Crippen LogP contribution in [0.25, 0.3) is 0 Å². The van der Waals surface area contributed by atoms with Crippen molar-refractivity contribution in [1.29, 1.82) is 0 Å². The highest BCUT2D eigenvalue weighted by molar-refractivity contribution is 5.33. The number of nitrogens with two attached hydrogens (primary N) is 1. The van der Waals surface area contributed by atoms with Gasteiger partial charge in [0.2, 0.25) is 0 Å². The molecular weight excluding hydrogens is 240 g/mol. The Kier molecular flexibility index (Phi) is 5.19. The summed E-state index contributed by atoms with van der Waals surface area (Å²) in [6.45, 7) is 3.40. The van der Waals surface area contributed by atoms with E-state index in [0.29, 0.717) is 5.92 Å². The maximum atomic E-state index is 6.25. The first-order valence-corrected chi connectivity index (χ1v) is 6.84. The van der Waals surface area contributed by atoms with Gasteiger partial charge in [0, 0.05) is 37.2 Å². The molecule has 2 rings (SSSR count). The van der Waals surface area contributed by atoms with Crippen LogP contribution in [0.3, 0.4) is 0 Å². The second-order valence-corrected chi connectivity index (χ2v) is 5.30. The van der Waals surface area contributed by atoms with Crippen LogP contribution in [0.1, 0.15) is 12.0 Å². The SMILES string of the molecule is COc1ccccc1CN(C)CC(N)C1CCOC1. The number of methoxy groups -OCH3 is 1. The summed E-state index contributed by atoms with van der Waals surface area (Å²) in [6.07, 6.45) is 1.09. The van der Waals surface area contributed by atoms with Gasteiger partial charge in [-0.3, -0.25) is 0 Å². The zero-order chi connectivity index (χ0) is 13.7. The van der Waals surface area contributed by atoms with Crippen molar-refractivity contribution in [3.05, 3.63) is 29.8 Å². The predicted molar refractivity (Wildman–Crippen MR) is 76.2 cm³/mol. The van der Waals surface area contributed by atoms with Gasteiger partial charge in [-0.15, -0.1) is 0 Å². The van der Waals surface area contributed by atoms with Crippen molar-refractivity contribution >= 4 is 0 Å². The molecule has 106 valence electrons. The predicted octanol–water partition coefficient (Wildman–Crippen LogP) is 1.49. The molecule has 1 aliphatic heterocycles. The Bertz CT molecular complexity index is 391. The Hall–Kier alpha value is -1.10. The maximum absolute atomic E-state index is 6.25. The Balaban J connectivity index is 1.87. The smallest absolute Gasteiger partial charge is 0.123 e. The number of rotatable bonds is 6. The molecule has 2 unspecified atom stereocenters. The van der Waals surface area contributed by atoms with Crippen molar-refractivity contribution in [2.24, 2.45) is 11.7 Å². The van der Waals surface area contributed by atoms with Gasteiger partial charge < -0.3 is 20.1 Å². The second kappa shape index (κ2) is 6.89. The average Bonchev–Trinajstić information content (AvgIpc) is 2.93. The van der Waals surface area contributed by atoms with Crippen molar-refractivity contribution < 1.29 is 9.47 Å². The minimum atomic E-state index is 0.183. The molecule has 0 radical (unpaired) electrons. The molecule has 2 atom stereocenters. The molecule has 1 fully saturated rings. The van der Waals surface area contributed by atoms with Crippen LogP contribution >= 0.6 is 0 Å². The van der Waals surface area contributed by atoms with Crippen LogP contribution in [-0.4, -0.2) is 44.9 Å². The van der Waals surface area contributed by atoms with E-state index in [2.05, 4.69) is 18.0 Å². The van der Waals surface area contributed by atoms with Crippen molar-refractivity contribution in [3.63, 3.8) is 0 Å². The molecule has 0 bridgehead atoms. The maximum Gasteiger partial charge on any atom is 0.123 e. The molecule has 1 saturated heterocycles. The average molecular weight is 264 g/mol. The zero-order valence-corrected chi connectivity index (χ0v) is 11.8. The fourth-order valence-corrected chi connectivity index (χ4v) is 2.59. The first kappa shape index (κ1) is 14.3. The van der Waals surface area contributed by atoms with Crippen LogP contribution in [0.4, 0.5) is 0 Å². The van der Waals surface area contributed by atoms with E-state index in [-0.39, 0.29) is 6.04 Å². The summed E-state index contributed by atoms with van der Waals surface area (Å²) in [5, 5.41) is 0. The number of ether oxygens (including phenoxy) is 2. The zero-order valence-electron chi connectivity index (χ0n) is 11.8. The molecule has 4 nitrogen and oxygen atoms in total. The lowest BCUT2D eigenvalue weighted by atomic mass is 9.99. The monoisotopic (exact) mass is 264 g/mol. The van der Waals surface area contributed by atoms with Gasteiger partial charge in [-0.05, 0) is 19.5 Å². The molecule has 4 heteroatoms. The molecular formula is C15H24N2O2. The van der Waals surface area contributed by atoms with Gasteiger partial charge in [0.05, 0.1) is 13.7 Å². The number of hydrogen-bond acceptors (Lipinski definition) is 4.